The molecule has 0 aliphatic rings. The van der Waals surface area contributed by atoms with Crippen molar-refractivity contribution in [2.75, 3.05) is 14.2 Å². The summed E-state index contributed by atoms with van der Waals surface area (Å²) in [6.07, 6.45) is 4.28. The van der Waals surface area contributed by atoms with Crippen LogP contribution in [0.3, 0.4) is 0 Å². The van der Waals surface area contributed by atoms with E-state index in [9.17, 15) is 0 Å². The van der Waals surface area contributed by atoms with Gasteiger partial charge in [-0.3, -0.25) is 0 Å². The number of hydrogen-bond donors (Lipinski definition) is 0. The third kappa shape index (κ3) is 4.48. The van der Waals surface area contributed by atoms with E-state index in [0.29, 0.717) is 29.6 Å². The van der Waals surface area contributed by atoms with Gasteiger partial charge in [0, 0.05) is 17.0 Å². The van der Waals surface area contributed by atoms with Crippen molar-refractivity contribution < 1.29 is 14.0 Å². The van der Waals surface area contributed by atoms with Crippen LogP contribution in [0.4, 0.5) is 0 Å². The summed E-state index contributed by atoms with van der Waals surface area (Å²) in [6.45, 7) is 0. The SMILES string of the molecule is COc1ccc(Cc2noc(/C=C/c3ccc(Br)cc3)n2)cc1OC. The Kier molecular flexibility index (Phi) is 5.50. The smallest absolute Gasteiger partial charge is 0.250 e. The van der Waals surface area contributed by atoms with E-state index < -0.39 is 0 Å². The minimum atomic E-state index is 0.471. The van der Waals surface area contributed by atoms with Crippen LogP contribution in [0, 0.1) is 0 Å². The maximum absolute atomic E-state index is 5.31. The fourth-order valence-corrected chi connectivity index (χ4v) is 2.59. The van der Waals surface area contributed by atoms with E-state index in [-0.39, 0.29) is 0 Å². The fourth-order valence-electron chi connectivity index (χ4n) is 2.32. The molecule has 3 rings (SSSR count). The molecule has 0 amide bonds. The standard InChI is InChI=1S/C19H17BrN2O3/c1-23-16-9-5-14(11-17(16)24-2)12-18-21-19(25-22-18)10-6-13-3-7-15(20)8-4-13/h3-11H,12H2,1-2H3/b10-6+. The zero-order valence-corrected chi connectivity index (χ0v) is 15.5. The van der Waals surface area contributed by atoms with Gasteiger partial charge in [-0.15, -0.1) is 0 Å². The average molecular weight is 401 g/mol. The van der Waals surface area contributed by atoms with Crippen LogP contribution in [0.1, 0.15) is 22.8 Å². The van der Waals surface area contributed by atoms with Crippen LogP contribution in [-0.2, 0) is 6.42 Å². The number of benzene rings is 2. The lowest BCUT2D eigenvalue weighted by molar-refractivity contribution is 0.354. The van der Waals surface area contributed by atoms with Crippen LogP contribution < -0.4 is 9.47 Å². The minimum absolute atomic E-state index is 0.471. The molecule has 0 aliphatic carbocycles. The summed E-state index contributed by atoms with van der Waals surface area (Å²) in [4.78, 5) is 4.39. The summed E-state index contributed by atoms with van der Waals surface area (Å²) in [5, 5.41) is 4.02. The molecule has 1 aromatic heterocycles. The molecule has 0 aliphatic heterocycles. The first-order valence-corrected chi connectivity index (χ1v) is 8.44. The maximum Gasteiger partial charge on any atom is 0.250 e. The molecule has 0 bridgehead atoms. The largest absolute Gasteiger partial charge is 0.493 e. The summed E-state index contributed by atoms with van der Waals surface area (Å²) in [7, 11) is 3.22. The molecule has 0 unspecified atom stereocenters. The topological polar surface area (TPSA) is 57.4 Å². The molecule has 0 radical (unpaired) electrons. The molecule has 0 atom stereocenters. The van der Waals surface area contributed by atoms with Crippen LogP contribution in [0.5, 0.6) is 11.5 Å². The minimum Gasteiger partial charge on any atom is -0.493 e. The summed E-state index contributed by atoms with van der Waals surface area (Å²) in [5.74, 6) is 2.46. The highest BCUT2D eigenvalue weighted by atomic mass is 79.9. The molecule has 25 heavy (non-hydrogen) atoms. The van der Waals surface area contributed by atoms with Gasteiger partial charge in [-0.05, 0) is 41.5 Å². The Balaban J connectivity index is 1.70. The Morgan fingerprint density at radius 2 is 1.76 bits per heavy atom. The molecule has 2 aromatic carbocycles. The van der Waals surface area contributed by atoms with E-state index >= 15 is 0 Å². The van der Waals surface area contributed by atoms with Crippen molar-refractivity contribution in [3.63, 3.8) is 0 Å². The Bertz CT molecular complexity index is 873. The van der Waals surface area contributed by atoms with Crippen LogP contribution in [0.25, 0.3) is 12.2 Å². The molecule has 3 aromatic rings. The Morgan fingerprint density at radius 1 is 1.00 bits per heavy atom. The second-order valence-corrected chi connectivity index (χ2v) is 6.22. The van der Waals surface area contributed by atoms with Crippen molar-refractivity contribution in [3.05, 3.63) is 69.8 Å². The third-order valence-electron chi connectivity index (χ3n) is 3.58. The number of halogens is 1. The lowest BCUT2D eigenvalue weighted by atomic mass is 10.1. The van der Waals surface area contributed by atoms with Gasteiger partial charge in [0.2, 0.25) is 0 Å². The zero-order valence-electron chi connectivity index (χ0n) is 13.9. The van der Waals surface area contributed by atoms with Gasteiger partial charge in [0.25, 0.3) is 5.89 Å². The average Bonchev–Trinajstić information content (AvgIpc) is 3.08. The molecule has 128 valence electrons. The van der Waals surface area contributed by atoms with Crippen LogP contribution in [-0.4, -0.2) is 24.4 Å². The molecule has 0 N–H and O–H groups in total. The Labute approximate surface area is 154 Å². The molecular formula is C19H17BrN2O3. The second-order valence-electron chi connectivity index (χ2n) is 5.30. The Hall–Kier alpha value is -2.60. The number of methoxy groups -OCH3 is 2. The van der Waals surface area contributed by atoms with Gasteiger partial charge in [0.05, 0.1) is 14.2 Å². The first-order chi connectivity index (χ1) is 12.2. The van der Waals surface area contributed by atoms with E-state index in [1.807, 2.05) is 48.5 Å². The highest BCUT2D eigenvalue weighted by Gasteiger charge is 2.09. The van der Waals surface area contributed by atoms with Gasteiger partial charge in [0.1, 0.15) is 0 Å². The molecule has 0 fully saturated rings. The molecule has 0 saturated heterocycles. The third-order valence-corrected chi connectivity index (χ3v) is 4.11. The van der Waals surface area contributed by atoms with Crippen molar-refractivity contribution in [2.45, 2.75) is 6.42 Å². The van der Waals surface area contributed by atoms with Crippen molar-refractivity contribution in [3.8, 4) is 11.5 Å². The first-order valence-electron chi connectivity index (χ1n) is 7.65. The quantitative estimate of drug-likeness (QED) is 0.604. The van der Waals surface area contributed by atoms with Gasteiger partial charge >= 0.3 is 0 Å². The van der Waals surface area contributed by atoms with E-state index in [0.717, 1.165) is 15.6 Å². The highest BCUT2D eigenvalue weighted by molar-refractivity contribution is 9.10. The van der Waals surface area contributed by atoms with Crippen LogP contribution in [0.2, 0.25) is 0 Å². The van der Waals surface area contributed by atoms with Crippen LogP contribution in [0.15, 0.2) is 51.5 Å². The van der Waals surface area contributed by atoms with Gasteiger partial charge < -0.3 is 14.0 Å². The van der Waals surface area contributed by atoms with Crippen molar-refractivity contribution in [1.29, 1.82) is 0 Å². The summed E-state index contributed by atoms with van der Waals surface area (Å²) >= 11 is 3.41. The van der Waals surface area contributed by atoms with Crippen LogP contribution >= 0.6 is 15.9 Å². The monoisotopic (exact) mass is 400 g/mol. The molecule has 5 nitrogen and oxygen atoms in total. The zero-order chi connectivity index (χ0) is 17.6. The molecule has 0 saturated carbocycles. The number of hydrogen-bond acceptors (Lipinski definition) is 5. The van der Waals surface area contributed by atoms with E-state index in [1.165, 1.54) is 0 Å². The normalized spacial score (nSPS) is 11.0. The van der Waals surface area contributed by atoms with E-state index in [2.05, 4.69) is 26.1 Å². The fraction of sp³-hybridized carbons (Fsp3) is 0.158. The summed E-state index contributed by atoms with van der Waals surface area (Å²) < 4.78 is 16.9. The van der Waals surface area contributed by atoms with Crippen molar-refractivity contribution in [2.24, 2.45) is 0 Å². The highest BCUT2D eigenvalue weighted by Crippen LogP contribution is 2.28. The Morgan fingerprint density at radius 3 is 2.48 bits per heavy atom. The van der Waals surface area contributed by atoms with E-state index in [1.54, 1.807) is 20.3 Å². The molecular weight excluding hydrogens is 384 g/mol. The number of rotatable bonds is 6. The molecule has 6 heteroatoms. The van der Waals surface area contributed by atoms with Crippen molar-refractivity contribution >= 4 is 28.1 Å². The van der Waals surface area contributed by atoms with Crippen molar-refractivity contribution in [1.82, 2.24) is 10.1 Å². The van der Waals surface area contributed by atoms with E-state index in [4.69, 9.17) is 14.0 Å². The van der Waals surface area contributed by atoms with Gasteiger partial charge in [-0.2, -0.15) is 4.98 Å². The lowest BCUT2D eigenvalue weighted by Crippen LogP contribution is -1.95. The summed E-state index contributed by atoms with van der Waals surface area (Å²) in [5.41, 5.74) is 2.07. The summed E-state index contributed by atoms with van der Waals surface area (Å²) in [6, 6.07) is 13.7. The van der Waals surface area contributed by atoms with Gasteiger partial charge in [-0.25, -0.2) is 0 Å². The lowest BCUT2D eigenvalue weighted by Gasteiger charge is -2.08. The first kappa shape index (κ1) is 17.2. The second kappa shape index (κ2) is 7.98. The maximum atomic E-state index is 5.31. The number of nitrogens with zero attached hydrogens (tertiary/aromatic N) is 2. The van der Waals surface area contributed by atoms with Gasteiger partial charge in [-0.1, -0.05) is 39.3 Å². The number of aromatic nitrogens is 2. The van der Waals surface area contributed by atoms with Gasteiger partial charge in [0.15, 0.2) is 17.3 Å². The number of ether oxygens (including phenoxy) is 2. The molecule has 1 heterocycles. The predicted molar refractivity (Wildman–Crippen MR) is 99.7 cm³/mol. The molecule has 0 spiro atoms. The predicted octanol–water partition coefficient (Wildman–Crippen LogP) is 4.61.